The van der Waals surface area contributed by atoms with E-state index in [4.69, 9.17) is 4.74 Å². The van der Waals surface area contributed by atoms with E-state index < -0.39 is 0 Å². The molecule has 1 rings (SSSR count). The Labute approximate surface area is 101 Å². The molecule has 3 heteroatoms. The highest BCUT2D eigenvalue weighted by atomic mass is 16.5. The number of nitrogens with one attached hydrogen (secondary N) is 1. The molecule has 3 nitrogen and oxygen atoms in total. The van der Waals surface area contributed by atoms with Crippen molar-refractivity contribution in [1.29, 1.82) is 0 Å². The molecular formula is C13H28N2O. The first kappa shape index (κ1) is 13.9. The average molecular weight is 228 g/mol. The molecule has 1 saturated carbocycles. The minimum atomic E-state index is 0.786. The van der Waals surface area contributed by atoms with Gasteiger partial charge >= 0.3 is 0 Å². The van der Waals surface area contributed by atoms with Crippen molar-refractivity contribution in [2.75, 3.05) is 39.9 Å². The maximum absolute atomic E-state index is 5.02. The summed E-state index contributed by atoms with van der Waals surface area (Å²) in [6.07, 6.45) is 3.94. The predicted molar refractivity (Wildman–Crippen MR) is 68.8 cm³/mol. The SMILES string of the molecule is COCCCNCCN(CC(C)C)C1CC1. The van der Waals surface area contributed by atoms with E-state index in [1.165, 1.54) is 25.9 Å². The second-order valence-electron chi connectivity index (χ2n) is 5.22. The van der Waals surface area contributed by atoms with Gasteiger partial charge in [0, 0.05) is 39.4 Å². The molecule has 0 aromatic rings. The fourth-order valence-electron chi connectivity index (χ4n) is 2.02. The monoisotopic (exact) mass is 228 g/mol. The molecule has 0 aliphatic heterocycles. The Bertz CT molecular complexity index is 169. The first-order valence-electron chi connectivity index (χ1n) is 6.67. The highest BCUT2D eigenvalue weighted by Crippen LogP contribution is 2.26. The zero-order valence-corrected chi connectivity index (χ0v) is 11.2. The summed E-state index contributed by atoms with van der Waals surface area (Å²) in [6, 6.07) is 0.892. The van der Waals surface area contributed by atoms with Gasteiger partial charge in [-0.25, -0.2) is 0 Å². The second kappa shape index (κ2) is 8.04. The summed E-state index contributed by atoms with van der Waals surface area (Å²) in [4.78, 5) is 2.65. The molecule has 0 atom stereocenters. The van der Waals surface area contributed by atoms with Gasteiger partial charge in [-0.2, -0.15) is 0 Å². The highest BCUT2D eigenvalue weighted by Gasteiger charge is 2.28. The lowest BCUT2D eigenvalue weighted by atomic mass is 10.2. The molecule has 1 fully saturated rings. The van der Waals surface area contributed by atoms with Gasteiger partial charge in [0.2, 0.25) is 0 Å². The van der Waals surface area contributed by atoms with Crippen LogP contribution in [0.3, 0.4) is 0 Å². The molecule has 1 N–H and O–H groups in total. The van der Waals surface area contributed by atoms with Crippen LogP contribution in [-0.4, -0.2) is 50.8 Å². The summed E-state index contributed by atoms with van der Waals surface area (Å²) in [7, 11) is 1.76. The third-order valence-electron chi connectivity index (χ3n) is 2.94. The number of ether oxygens (including phenoxy) is 1. The van der Waals surface area contributed by atoms with Gasteiger partial charge in [0.25, 0.3) is 0 Å². The van der Waals surface area contributed by atoms with E-state index >= 15 is 0 Å². The standard InChI is InChI=1S/C13H28N2O/c1-12(2)11-15(13-5-6-13)9-8-14-7-4-10-16-3/h12-14H,4-11H2,1-3H3. The first-order chi connectivity index (χ1) is 7.74. The number of hydrogen-bond donors (Lipinski definition) is 1. The Balaban J connectivity index is 1.99. The summed E-state index contributed by atoms with van der Waals surface area (Å²) in [6.45, 7) is 10.1. The van der Waals surface area contributed by atoms with Crippen LogP contribution in [0.4, 0.5) is 0 Å². The molecule has 1 aliphatic rings. The fourth-order valence-corrected chi connectivity index (χ4v) is 2.02. The Morgan fingerprint density at radius 2 is 2.06 bits per heavy atom. The predicted octanol–water partition coefficient (Wildman–Crippen LogP) is 1.73. The van der Waals surface area contributed by atoms with Crippen LogP contribution in [0, 0.1) is 5.92 Å². The fraction of sp³-hybridized carbons (Fsp3) is 1.00. The van der Waals surface area contributed by atoms with Gasteiger partial charge in [0.1, 0.15) is 0 Å². The van der Waals surface area contributed by atoms with Crippen LogP contribution in [0.1, 0.15) is 33.1 Å². The topological polar surface area (TPSA) is 24.5 Å². The van der Waals surface area contributed by atoms with Crippen molar-refractivity contribution in [3.05, 3.63) is 0 Å². The van der Waals surface area contributed by atoms with E-state index in [0.717, 1.165) is 38.1 Å². The van der Waals surface area contributed by atoms with Gasteiger partial charge in [-0.15, -0.1) is 0 Å². The van der Waals surface area contributed by atoms with Crippen molar-refractivity contribution in [2.45, 2.75) is 39.2 Å². The molecule has 0 aromatic carbocycles. The van der Waals surface area contributed by atoms with Gasteiger partial charge in [-0.1, -0.05) is 13.8 Å². The van der Waals surface area contributed by atoms with Crippen LogP contribution >= 0.6 is 0 Å². The van der Waals surface area contributed by atoms with Crippen LogP contribution in [0.15, 0.2) is 0 Å². The van der Waals surface area contributed by atoms with E-state index in [0.29, 0.717) is 0 Å². The summed E-state index contributed by atoms with van der Waals surface area (Å²) < 4.78 is 5.02. The molecule has 0 heterocycles. The highest BCUT2D eigenvalue weighted by molar-refractivity contribution is 4.85. The zero-order chi connectivity index (χ0) is 11.8. The quantitative estimate of drug-likeness (QED) is 0.576. The molecule has 1 aliphatic carbocycles. The molecule has 0 radical (unpaired) electrons. The lowest BCUT2D eigenvalue weighted by Gasteiger charge is -2.24. The Morgan fingerprint density at radius 1 is 1.31 bits per heavy atom. The van der Waals surface area contributed by atoms with Gasteiger partial charge in [0.15, 0.2) is 0 Å². The van der Waals surface area contributed by atoms with Crippen molar-refractivity contribution in [3.63, 3.8) is 0 Å². The van der Waals surface area contributed by atoms with Crippen molar-refractivity contribution in [1.82, 2.24) is 10.2 Å². The largest absolute Gasteiger partial charge is 0.385 e. The lowest BCUT2D eigenvalue weighted by molar-refractivity contribution is 0.192. The molecular weight excluding hydrogens is 200 g/mol. The lowest BCUT2D eigenvalue weighted by Crippen LogP contribution is -2.36. The molecule has 0 bridgehead atoms. The summed E-state index contributed by atoms with van der Waals surface area (Å²) in [5.74, 6) is 0.786. The third kappa shape index (κ3) is 6.46. The normalized spacial score (nSPS) is 16.3. The summed E-state index contributed by atoms with van der Waals surface area (Å²) in [5.41, 5.74) is 0. The molecule has 0 unspecified atom stereocenters. The molecule has 0 aromatic heterocycles. The van der Waals surface area contributed by atoms with E-state index in [9.17, 15) is 0 Å². The van der Waals surface area contributed by atoms with Gasteiger partial charge in [-0.3, -0.25) is 4.90 Å². The van der Waals surface area contributed by atoms with E-state index in [1.807, 2.05) is 0 Å². The van der Waals surface area contributed by atoms with Crippen molar-refractivity contribution < 1.29 is 4.74 Å². The Kier molecular flexibility index (Phi) is 7.01. The van der Waals surface area contributed by atoms with E-state index in [2.05, 4.69) is 24.1 Å². The number of rotatable bonds is 10. The summed E-state index contributed by atoms with van der Waals surface area (Å²) >= 11 is 0. The first-order valence-corrected chi connectivity index (χ1v) is 6.67. The van der Waals surface area contributed by atoms with Crippen molar-refractivity contribution in [2.24, 2.45) is 5.92 Å². The van der Waals surface area contributed by atoms with Gasteiger partial charge < -0.3 is 10.1 Å². The van der Waals surface area contributed by atoms with Crippen molar-refractivity contribution >= 4 is 0 Å². The minimum Gasteiger partial charge on any atom is -0.385 e. The number of nitrogens with zero attached hydrogens (tertiary/aromatic N) is 1. The summed E-state index contributed by atoms with van der Waals surface area (Å²) in [5, 5.41) is 3.48. The maximum atomic E-state index is 5.02. The molecule has 96 valence electrons. The Hall–Kier alpha value is -0.120. The van der Waals surface area contributed by atoms with E-state index in [-0.39, 0.29) is 0 Å². The Morgan fingerprint density at radius 3 is 2.62 bits per heavy atom. The smallest absolute Gasteiger partial charge is 0.0474 e. The van der Waals surface area contributed by atoms with Crippen molar-refractivity contribution in [3.8, 4) is 0 Å². The number of methoxy groups -OCH3 is 1. The van der Waals surface area contributed by atoms with Gasteiger partial charge in [0.05, 0.1) is 0 Å². The average Bonchev–Trinajstić information content (AvgIpc) is 3.04. The molecule has 0 saturated heterocycles. The minimum absolute atomic E-state index is 0.786. The molecule has 16 heavy (non-hydrogen) atoms. The van der Waals surface area contributed by atoms with E-state index in [1.54, 1.807) is 7.11 Å². The second-order valence-corrected chi connectivity index (χ2v) is 5.22. The third-order valence-corrected chi connectivity index (χ3v) is 2.94. The molecule has 0 spiro atoms. The van der Waals surface area contributed by atoms with Crippen LogP contribution in [-0.2, 0) is 4.74 Å². The van der Waals surface area contributed by atoms with Crippen LogP contribution in [0.25, 0.3) is 0 Å². The molecule has 0 amide bonds. The van der Waals surface area contributed by atoms with Gasteiger partial charge in [-0.05, 0) is 31.7 Å². The maximum Gasteiger partial charge on any atom is 0.0474 e. The van der Waals surface area contributed by atoms with Crippen LogP contribution in [0.5, 0.6) is 0 Å². The number of hydrogen-bond acceptors (Lipinski definition) is 3. The van der Waals surface area contributed by atoms with Crippen LogP contribution < -0.4 is 5.32 Å². The van der Waals surface area contributed by atoms with Crippen LogP contribution in [0.2, 0.25) is 0 Å². The zero-order valence-electron chi connectivity index (χ0n) is 11.2.